The smallest absolute Gasteiger partial charge is 0.124 e. The molecule has 8 aromatic carbocycles. The Bertz CT molecular complexity index is 2960. The van der Waals surface area contributed by atoms with Crippen LogP contribution in [-0.2, 0) is 0 Å². The lowest BCUT2D eigenvalue weighted by atomic mass is 9.88. The lowest BCUT2D eigenvalue weighted by molar-refractivity contribution is 1.32. The molecule has 11 aromatic rings. The topological polar surface area (TPSA) is 38.7 Å². The maximum Gasteiger partial charge on any atom is 0.124 e. The molecule has 0 aliphatic rings. The quantitative estimate of drug-likeness (QED) is 0.170. The van der Waals surface area contributed by atoms with Crippen LogP contribution in [0.1, 0.15) is 0 Å². The molecule has 262 valence electrons. The average Bonchev–Trinajstić information content (AvgIpc) is 3.91. The van der Waals surface area contributed by atoms with Crippen LogP contribution < -0.4 is 0 Å². The minimum atomic E-state index is 0.937. The number of para-hydroxylation sites is 2. The molecule has 0 saturated heterocycles. The van der Waals surface area contributed by atoms with Crippen molar-refractivity contribution < 1.29 is 0 Å². The highest BCUT2D eigenvalue weighted by molar-refractivity contribution is 7.22. The number of nitrogens with zero attached hydrogens (tertiary/aromatic N) is 3. The van der Waals surface area contributed by atoms with Crippen molar-refractivity contribution in [1.29, 1.82) is 0 Å². The number of hydrogen-bond donors (Lipinski definition) is 0. The van der Waals surface area contributed by atoms with E-state index in [-0.39, 0.29) is 0 Å². The molecule has 5 heteroatoms. The van der Waals surface area contributed by atoms with Crippen LogP contribution in [0.4, 0.5) is 0 Å². The summed E-state index contributed by atoms with van der Waals surface area (Å²) < 4.78 is 2.38. The fourth-order valence-electron chi connectivity index (χ4n) is 7.82. The first-order valence-electron chi connectivity index (χ1n) is 18.7. The molecule has 11 rings (SSSR count). The molecule has 0 aliphatic carbocycles. The van der Waals surface area contributed by atoms with Crippen molar-refractivity contribution in [3.63, 3.8) is 0 Å². The fraction of sp³-hybridized carbons (Fsp3) is 0. The molecular formula is C51H31N3S2. The van der Waals surface area contributed by atoms with E-state index in [0.29, 0.717) is 0 Å². The highest BCUT2D eigenvalue weighted by Gasteiger charge is 2.21. The Morgan fingerprint density at radius 1 is 0.304 bits per heavy atom. The Morgan fingerprint density at radius 3 is 1.16 bits per heavy atom. The van der Waals surface area contributed by atoms with Gasteiger partial charge in [0.05, 0.1) is 31.8 Å². The van der Waals surface area contributed by atoms with E-state index in [4.69, 9.17) is 15.0 Å². The molecule has 0 N–H and O–H groups in total. The number of hydrogen-bond acceptors (Lipinski definition) is 5. The number of fused-ring (bicyclic) bond motifs is 4. The second-order valence-electron chi connectivity index (χ2n) is 14.0. The van der Waals surface area contributed by atoms with Gasteiger partial charge >= 0.3 is 0 Å². The molecule has 0 aliphatic heterocycles. The van der Waals surface area contributed by atoms with E-state index in [2.05, 4.69) is 176 Å². The van der Waals surface area contributed by atoms with Gasteiger partial charge in [-0.25, -0.2) is 15.0 Å². The minimum Gasteiger partial charge on any atom is -0.246 e. The first-order chi connectivity index (χ1) is 27.7. The van der Waals surface area contributed by atoms with Gasteiger partial charge in [0, 0.05) is 33.4 Å². The first-order valence-corrected chi connectivity index (χ1v) is 20.3. The van der Waals surface area contributed by atoms with Gasteiger partial charge in [-0.05, 0) is 63.0 Å². The maximum atomic E-state index is 5.73. The zero-order valence-electron chi connectivity index (χ0n) is 30.1. The summed E-state index contributed by atoms with van der Waals surface area (Å²) in [7, 11) is 0. The van der Waals surface area contributed by atoms with Gasteiger partial charge in [-0.15, -0.1) is 22.7 Å². The summed E-state index contributed by atoms with van der Waals surface area (Å²) in [6.45, 7) is 0. The van der Waals surface area contributed by atoms with E-state index in [0.717, 1.165) is 76.9 Å². The monoisotopic (exact) mass is 749 g/mol. The van der Waals surface area contributed by atoms with Crippen molar-refractivity contribution >= 4 is 64.7 Å². The summed E-state index contributed by atoms with van der Waals surface area (Å²) >= 11 is 3.45. The SMILES string of the molecule is c1ccc2c(-c3cc(-c4cccc5ccccc45)c(-c4ccc(-c5nc6ccccc6s5)cc4)nc3-c3ccc(-c4nc5ccccc5s4)cc3)cccc2c1. The van der Waals surface area contributed by atoms with Gasteiger partial charge in [0.25, 0.3) is 0 Å². The second kappa shape index (κ2) is 13.5. The minimum absolute atomic E-state index is 0.937. The average molecular weight is 750 g/mol. The number of rotatable bonds is 6. The third-order valence-electron chi connectivity index (χ3n) is 10.6. The van der Waals surface area contributed by atoms with Gasteiger partial charge in [-0.2, -0.15) is 0 Å². The van der Waals surface area contributed by atoms with E-state index >= 15 is 0 Å². The third-order valence-corrected chi connectivity index (χ3v) is 12.8. The lowest BCUT2D eigenvalue weighted by Crippen LogP contribution is -1.98. The molecular weight excluding hydrogens is 719 g/mol. The molecule has 0 saturated carbocycles. The predicted molar refractivity (Wildman–Crippen MR) is 238 cm³/mol. The van der Waals surface area contributed by atoms with E-state index < -0.39 is 0 Å². The molecule has 0 atom stereocenters. The van der Waals surface area contributed by atoms with Crippen molar-refractivity contribution in [2.24, 2.45) is 0 Å². The van der Waals surface area contributed by atoms with Gasteiger partial charge in [-0.1, -0.05) is 158 Å². The van der Waals surface area contributed by atoms with Crippen molar-refractivity contribution in [3.8, 4) is 65.9 Å². The van der Waals surface area contributed by atoms with Crippen molar-refractivity contribution in [3.05, 3.63) is 188 Å². The Morgan fingerprint density at radius 2 is 0.696 bits per heavy atom. The number of thiazole rings is 2. The third kappa shape index (κ3) is 5.68. The van der Waals surface area contributed by atoms with Crippen LogP contribution in [0.25, 0.3) is 108 Å². The zero-order valence-corrected chi connectivity index (χ0v) is 31.7. The van der Waals surface area contributed by atoms with Crippen LogP contribution in [0.15, 0.2) is 188 Å². The maximum absolute atomic E-state index is 5.73. The molecule has 0 unspecified atom stereocenters. The van der Waals surface area contributed by atoms with Crippen LogP contribution in [0.5, 0.6) is 0 Å². The van der Waals surface area contributed by atoms with Gasteiger partial charge in [-0.3, -0.25) is 0 Å². The van der Waals surface area contributed by atoms with Crippen LogP contribution in [0.2, 0.25) is 0 Å². The van der Waals surface area contributed by atoms with Crippen molar-refractivity contribution in [2.45, 2.75) is 0 Å². The fourth-order valence-corrected chi connectivity index (χ4v) is 9.76. The Kier molecular flexibility index (Phi) is 7.87. The summed E-state index contributed by atoms with van der Waals surface area (Å²) in [6.07, 6.45) is 0. The molecule has 0 amide bonds. The van der Waals surface area contributed by atoms with E-state index in [9.17, 15) is 0 Å². The van der Waals surface area contributed by atoms with Gasteiger partial charge in [0.15, 0.2) is 0 Å². The first kappa shape index (κ1) is 32.6. The summed E-state index contributed by atoms with van der Waals surface area (Å²) in [5.74, 6) is 0. The van der Waals surface area contributed by atoms with Crippen LogP contribution in [0.3, 0.4) is 0 Å². The lowest BCUT2D eigenvalue weighted by Gasteiger charge is -2.19. The van der Waals surface area contributed by atoms with Gasteiger partial charge < -0.3 is 0 Å². The van der Waals surface area contributed by atoms with E-state index in [1.54, 1.807) is 22.7 Å². The molecule has 56 heavy (non-hydrogen) atoms. The van der Waals surface area contributed by atoms with E-state index in [1.165, 1.54) is 30.9 Å². The zero-order chi connectivity index (χ0) is 37.0. The van der Waals surface area contributed by atoms with Crippen molar-refractivity contribution in [2.75, 3.05) is 0 Å². The molecule has 3 nitrogen and oxygen atoms in total. The standard InChI is InChI=1S/C51H31N3S2/c1-3-15-38-32(11-1)13-9-17-40(38)42-31-43(41-18-10-14-33-12-2-4-16-39(33)41)49(35-25-29-37(30-26-35)51-53-45-20-6-8-22-47(45)56-51)54-48(42)34-23-27-36(28-24-34)50-52-44-19-5-7-21-46(44)55-50/h1-31H. The second-order valence-corrected chi connectivity index (χ2v) is 16.0. The summed E-state index contributed by atoms with van der Waals surface area (Å²) in [5, 5.41) is 6.81. The van der Waals surface area contributed by atoms with Gasteiger partial charge in [0.1, 0.15) is 10.0 Å². The Hall–Kier alpha value is -6.79. The normalized spacial score (nSPS) is 11.6. The summed E-state index contributed by atoms with van der Waals surface area (Å²) in [5.41, 5.74) is 12.7. The molecule has 3 aromatic heterocycles. The van der Waals surface area contributed by atoms with Crippen LogP contribution >= 0.6 is 22.7 Å². The highest BCUT2D eigenvalue weighted by atomic mass is 32.1. The largest absolute Gasteiger partial charge is 0.246 e. The highest BCUT2D eigenvalue weighted by Crippen LogP contribution is 2.44. The molecule has 3 heterocycles. The Labute approximate surface area is 331 Å². The number of aromatic nitrogens is 3. The summed E-state index contributed by atoms with van der Waals surface area (Å²) in [6, 6.07) is 67.0. The number of pyridine rings is 1. The molecule has 0 radical (unpaired) electrons. The summed E-state index contributed by atoms with van der Waals surface area (Å²) in [4.78, 5) is 15.6. The predicted octanol–water partition coefficient (Wildman–Crippen LogP) is 14.6. The number of benzene rings is 8. The Balaban J connectivity index is 1.14. The van der Waals surface area contributed by atoms with Crippen LogP contribution in [-0.4, -0.2) is 15.0 Å². The molecule has 0 fully saturated rings. The van der Waals surface area contributed by atoms with Gasteiger partial charge in [0.2, 0.25) is 0 Å². The molecule has 0 bridgehead atoms. The molecule has 0 spiro atoms. The van der Waals surface area contributed by atoms with Crippen molar-refractivity contribution in [1.82, 2.24) is 15.0 Å². The van der Waals surface area contributed by atoms with Crippen LogP contribution in [0, 0.1) is 0 Å². The van der Waals surface area contributed by atoms with E-state index in [1.807, 2.05) is 12.1 Å².